The molecule has 2 rings (SSSR count). The molecule has 0 spiro atoms. The molecule has 0 bridgehead atoms. The smallest absolute Gasteiger partial charge is 0.115 e. The number of rotatable bonds is 3. The van der Waals surface area contributed by atoms with E-state index in [1.54, 1.807) is 12.4 Å². The maximum Gasteiger partial charge on any atom is 0.115 e. The lowest BCUT2D eigenvalue weighted by atomic mass is 10.1. The van der Waals surface area contributed by atoms with Gasteiger partial charge in [0.1, 0.15) is 11.3 Å². The first-order chi connectivity index (χ1) is 8.58. The molecule has 2 aromatic rings. The van der Waals surface area contributed by atoms with Crippen molar-refractivity contribution in [2.45, 2.75) is 13.8 Å². The second kappa shape index (κ2) is 5.05. The number of pyridine rings is 1. The summed E-state index contributed by atoms with van der Waals surface area (Å²) in [5, 5.41) is 3.20. The number of aryl methyl sites for hydroxylation is 2. The highest BCUT2D eigenvalue weighted by molar-refractivity contribution is 7.80. The molecule has 2 aromatic heterocycles. The summed E-state index contributed by atoms with van der Waals surface area (Å²) in [6.45, 7) is 3.80. The topological polar surface area (TPSA) is 76.7 Å². The average Bonchev–Trinajstić information content (AvgIpc) is 2.28. The Hall–Kier alpha value is -2.08. The van der Waals surface area contributed by atoms with Crippen LogP contribution in [0.25, 0.3) is 0 Å². The van der Waals surface area contributed by atoms with Gasteiger partial charge in [0.2, 0.25) is 0 Å². The molecule has 0 amide bonds. The number of thiocarbonyl (C=S) groups is 1. The third-order valence-corrected chi connectivity index (χ3v) is 2.62. The molecule has 0 fully saturated rings. The first-order valence-electron chi connectivity index (χ1n) is 5.38. The second-order valence-electron chi connectivity index (χ2n) is 3.89. The summed E-state index contributed by atoms with van der Waals surface area (Å²) in [4.78, 5) is 12.6. The SMILES string of the molecule is Cc1cc(Nc2cncnc2)c(C(N)=S)c(C)n1. The molecular weight excluding hydrogens is 246 g/mol. The predicted molar refractivity (Wildman–Crippen MR) is 74.9 cm³/mol. The summed E-state index contributed by atoms with van der Waals surface area (Å²) in [6.07, 6.45) is 4.84. The maximum absolute atomic E-state index is 5.74. The fourth-order valence-corrected chi connectivity index (χ4v) is 2.02. The summed E-state index contributed by atoms with van der Waals surface area (Å²) in [5.41, 5.74) is 9.79. The monoisotopic (exact) mass is 259 g/mol. The Labute approximate surface area is 110 Å². The molecule has 0 radical (unpaired) electrons. The highest BCUT2D eigenvalue weighted by atomic mass is 32.1. The van der Waals surface area contributed by atoms with E-state index >= 15 is 0 Å². The van der Waals surface area contributed by atoms with Gasteiger partial charge in [-0.05, 0) is 19.9 Å². The first-order valence-corrected chi connectivity index (χ1v) is 5.79. The van der Waals surface area contributed by atoms with Crippen LogP contribution < -0.4 is 11.1 Å². The highest BCUT2D eigenvalue weighted by Gasteiger charge is 2.11. The summed E-state index contributed by atoms with van der Waals surface area (Å²) in [7, 11) is 0. The largest absolute Gasteiger partial charge is 0.389 e. The van der Waals surface area contributed by atoms with Gasteiger partial charge in [-0.2, -0.15) is 0 Å². The minimum absolute atomic E-state index is 0.319. The molecule has 0 saturated carbocycles. The van der Waals surface area contributed by atoms with Gasteiger partial charge in [-0.15, -0.1) is 0 Å². The van der Waals surface area contributed by atoms with Crippen molar-refractivity contribution in [3.8, 4) is 0 Å². The zero-order valence-corrected chi connectivity index (χ0v) is 11.0. The van der Waals surface area contributed by atoms with Crippen LogP contribution in [-0.4, -0.2) is 19.9 Å². The van der Waals surface area contributed by atoms with Gasteiger partial charge in [0.15, 0.2) is 0 Å². The van der Waals surface area contributed by atoms with Crippen LogP contribution in [0.1, 0.15) is 17.0 Å². The summed E-state index contributed by atoms with van der Waals surface area (Å²) >= 11 is 5.06. The van der Waals surface area contributed by atoms with Crippen molar-refractivity contribution in [3.63, 3.8) is 0 Å². The van der Waals surface area contributed by atoms with E-state index in [9.17, 15) is 0 Å². The van der Waals surface area contributed by atoms with Crippen LogP contribution >= 0.6 is 12.2 Å². The zero-order chi connectivity index (χ0) is 13.1. The Morgan fingerprint density at radius 2 is 1.94 bits per heavy atom. The third kappa shape index (κ3) is 2.60. The van der Waals surface area contributed by atoms with Gasteiger partial charge in [0.05, 0.1) is 29.3 Å². The Bertz CT molecular complexity index is 583. The van der Waals surface area contributed by atoms with Crippen LogP contribution in [0.15, 0.2) is 24.8 Å². The Balaban J connectivity index is 2.46. The van der Waals surface area contributed by atoms with Gasteiger partial charge in [0.25, 0.3) is 0 Å². The molecule has 3 N–H and O–H groups in total. The molecule has 92 valence electrons. The number of anilines is 2. The number of nitrogens with two attached hydrogens (primary N) is 1. The molecule has 0 aromatic carbocycles. The quantitative estimate of drug-likeness (QED) is 0.819. The van der Waals surface area contributed by atoms with Gasteiger partial charge in [-0.25, -0.2) is 9.97 Å². The molecular formula is C12H13N5S. The van der Waals surface area contributed by atoms with Crippen molar-refractivity contribution in [2.24, 2.45) is 5.73 Å². The summed E-state index contributed by atoms with van der Waals surface area (Å²) in [5.74, 6) is 0. The predicted octanol–water partition coefficient (Wildman–Crippen LogP) is 1.87. The molecule has 5 nitrogen and oxygen atoms in total. The number of nitrogens with zero attached hydrogens (tertiary/aromatic N) is 3. The van der Waals surface area contributed by atoms with E-state index in [1.165, 1.54) is 6.33 Å². The van der Waals surface area contributed by atoms with Crippen molar-refractivity contribution < 1.29 is 0 Å². The van der Waals surface area contributed by atoms with Crippen LogP contribution in [-0.2, 0) is 0 Å². The Morgan fingerprint density at radius 1 is 1.28 bits per heavy atom. The number of aromatic nitrogens is 3. The van der Waals surface area contributed by atoms with Crippen molar-refractivity contribution in [1.29, 1.82) is 0 Å². The second-order valence-corrected chi connectivity index (χ2v) is 4.33. The van der Waals surface area contributed by atoms with E-state index in [0.29, 0.717) is 4.99 Å². The molecule has 18 heavy (non-hydrogen) atoms. The van der Waals surface area contributed by atoms with Crippen LogP contribution in [0.4, 0.5) is 11.4 Å². The minimum atomic E-state index is 0.319. The van der Waals surface area contributed by atoms with Gasteiger partial charge < -0.3 is 11.1 Å². The lowest BCUT2D eigenvalue weighted by Crippen LogP contribution is -2.15. The van der Waals surface area contributed by atoms with Crippen molar-refractivity contribution in [1.82, 2.24) is 15.0 Å². The molecule has 0 aliphatic rings. The molecule has 2 heterocycles. The Morgan fingerprint density at radius 3 is 2.56 bits per heavy atom. The Kier molecular flexibility index (Phi) is 3.47. The lowest BCUT2D eigenvalue weighted by molar-refractivity contribution is 1.11. The number of hydrogen-bond acceptors (Lipinski definition) is 5. The van der Waals surface area contributed by atoms with Crippen molar-refractivity contribution in [2.75, 3.05) is 5.32 Å². The van der Waals surface area contributed by atoms with Crippen molar-refractivity contribution in [3.05, 3.63) is 41.7 Å². The van der Waals surface area contributed by atoms with E-state index in [-0.39, 0.29) is 0 Å². The minimum Gasteiger partial charge on any atom is -0.389 e. The molecule has 6 heteroatoms. The van der Waals surface area contributed by atoms with Gasteiger partial charge >= 0.3 is 0 Å². The molecule has 0 aliphatic carbocycles. The average molecular weight is 259 g/mol. The fourth-order valence-electron chi connectivity index (χ4n) is 1.76. The van der Waals surface area contributed by atoms with Gasteiger partial charge in [-0.3, -0.25) is 4.98 Å². The summed E-state index contributed by atoms with van der Waals surface area (Å²) in [6, 6.07) is 1.90. The standard InChI is InChI=1S/C12H13N5S/c1-7-3-10(11(12(13)18)8(2)16-7)17-9-4-14-6-15-5-9/h3-6H,1-2H3,(H2,13,18)(H,16,17). The van der Waals surface area contributed by atoms with Gasteiger partial charge in [-0.1, -0.05) is 12.2 Å². The number of nitrogens with one attached hydrogen (secondary N) is 1. The molecule has 0 unspecified atom stereocenters. The van der Waals surface area contributed by atoms with Gasteiger partial charge in [0, 0.05) is 11.4 Å². The third-order valence-electron chi connectivity index (χ3n) is 2.41. The first kappa shape index (κ1) is 12.4. The van der Waals surface area contributed by atoms with Crippen LogP contribution in [0.3, 0.4) is 0 Å². The van der Waals surface area contributed by atoms with Crippen molar-refractivity contribution >= 4 is 28.6 Å². The highest BCUT2D eigenvalue weighted by Crippen LogP contribution is 2.23. The fraction of sp³-hybridized carbons (Fsp3) is 0.167. The number of hydrogen-bond donors (Lipinski definition) is 2. The summed E-state index contributed by atoms with van der Waals surface area (Å²) < 4.78 is 0. The molecule has 0 aliphatic heterocycles. The lowest BCUT2D eigenvalue weighted by Gasteiger charge is -2.13. The normalized spacial score (nSPS) is 10.1. The zero-order valence-electron chi connectivity index (χ0n) is 10.1. The van der Waals surface area contributed by atoms with Crippen LogP contribution in [0.2, 0.25) is 0 Å². The van der Waals surface area contributed by atoms with Crippen LogP contribution in [0.5, 0.6) is 0 Å². The maximum atomic E-state index is 5.74. The van der Waals surface area contributed by atoms with E-state index in [0.717, 1.165) is 28.3 Å². The molecule has 0 atom stereocenters. The van der Waals surface area contributed by atoms with Crippen LogP contribution in [0, 0.1) is 13.8 Å². The molecule has 0 saturated heterocycles. The van der Waals surface area contributed by atoms with E-state index in [2.05, 4.69) is 20.3 Å². The van der Waals surface area contributed by atoms with E-state index in [4.69, 9.17) is 18.0 Å². The van der Waals surface area contributed by atoms with E-state index in [1.807, 2.05) is 19.9 Å². The van der Waals surface area contributed by atoms with E-state index < -0.39 is 0 Å².